The quantitative estimate of drug-likeness (QED) is 0.497. The Kier molecular flexibility index (Phi) is 1.63. The Morgan fingerprint density at radius 1 is 1.45 bits per heavy atom. The Morgan fingerprint density at radius 2 is 2.27 bits per heavy atom. The van der Waals surface area contributed by atoms with Crippen LogP contribution in [0.4, 0.5) is 0 Å². The summed E-state index contributed by atoms with van der Waals surface area (Å²) in [6.07, 6.45) is 4.64. The first-order valence-corrected chi connectivity index (χ1v) is 4.47. The Balaban J connectivity index is 2.09. The van der Waals surface area contributed by atoms with Gasteiger partial charge in [0.05, 0.1) is 6.42 Å². The van der Waals surface area contributed by atoms with Crippen LogP contribution in [-0.2, 0) is 9.53 Å². The van der Waals surface area contributed by atoms with Crippen LogP contribution in [0, 0.1) is 11.8 Å². The molecule has 0 aromatic rings. The van der Waals surface area contributed by atoms with Crippen molar-refractivity contribution in [3.8, 4) is 0 Å². The fourth-order valence-corrected chi connectivity index (χ4v) is 2.34. The Hall–Kier alpha value is -0.530. The molecule has 2 aliphatic rings. The summed E-state index contributed by atoms with van der Waals surface area (Å²) in [6.45, 7) is 2.19. The third-order valence-corrected chi connectivity index (χ3v) is 2.96. The topological polar surface area (TPSA) is 26.3 Å². The molecule has 0 unspecified atom stereocenters. The normalized spacial score (nSPS) is 43.4. The van der Waals surface area contributed by atoms with Crippen molar-refractivity contribution < 1.29 is 9.53 Å². The molecule has 2 rings (SSSR count). The third-order valence-electron chi connectivity index (χ3n) is 2.96. The minimum absolute atomic E-state index is 0.0220. The molecule has 1 saturated heterocycles. The van der Waals surface area contributed by atoms with E-state index in [0.717, 1.165) is 0 Å². The van der Waals surface area contributed by atoms with Crippen LogP contribution in [0.3, 0.4) is 0 Å². The number of esters is 1. The second-order valence-corrected chi connectivity index (χ2v) is 3.83. The first kappa shape index (κ1) is 7.14. The molecule has 62 valence electrons. The smallest absolute Gasteiger partial charge is 0.306 e. The fourth-order valence-electron chi connectivity index (χ4n) is 2.34. The lowest BCUT2D eigenvalue weighted by Crippen LogP contribution is -2.28. The number of fused-ring (bicyclic) bond motifs is 1. The predicted octanol–water partition coefficient (Wildman–Crippen LogP) is 1.74. The number of carbonyl (C=O) groups excluding carboxylic acids is 1. The minimum atomic E-state index is 0.0220. The number of rotatable bonds is 0. The van der Waals surface area contributed by atoms with E-state index >= 15 is 0 Å². The van der Waals surface area contributed by atoms with Crippen LogP contribution in [0.2, 0.25) is 0 Å². The highest BCUT2D eigenvalue weighted by molar-refractivity contribution is 5.72. The van der Waals surface area contributed by atoms with E-state index in [9.17, 15) is 4.79 Å². The molecule has 0 aromatic carbocycles. The van der Waals surface area contributed by atoms with Crippen LogP contribution in [0.15, 0.2) is 0 Å². The van der Waals surface area contributed by atoms with Gasteiger partial charge in [0.1, 0.15) is 6.10 Å². The van der Waals surface area contributed by atoms with Crippen molar-refractivity contribution >= 4 is 5.97 Å². The van der Waals surface area contributed by atoms with E-state index < -0.39 is 0 Å². The molecule has 1 aliphatic heterocycles. The molecule has 0 aromatic heterocycles. The largest absolute Gasteiger partial charge is 0.462 e. The van der Waals surface area contributed by atoms with Crippen LogP contribution in [0.25, 0.3) is 0 Å². The van der Waals surface area contributed by atoms with E-state index in [1.165, 1.54) is 19.3 Å². The van der Waals surface area contributed by atoms with Gasteiger partial charge in [-0.2, -0.15) is 0 Å². The first-order chi connectivity index (χ1) is 5.27. The zero-order valence-electron chi connectivity index (χ0n) is 6.88. The average Bonchev–Trinajstić information content (AvgIpc) is 2.31. The lowest BCUT2D eigenvalue weighted by Gasteiger charge is -2.28. The molecule has 1 heterocycles. The molecule has 3 atom stereocenters. The van der Waals surface area contributed by atoms with Gasteiger partial charge >= 0.3 is 5.97 Å². The summed E-state index contributed by atoms with van der Waals surface area (Å²) in [5.41, 5.74) is 0. The summed E-state index contributed by atoms with van der Waals surface area (Å²) < 4.78 is 5.24. The van der Waals surface area contributed by atoms with Crippen LogP contribution in [0.5, 0.6) is 0 Å². The number of ether oxygens (including phenoxy) is 1. The fraction of sp³-hybridized carbons (Fsp3) is 0.889. The highest BCUT2D eigenvalue weighted by Crippen LogP contribution is 2.37. The van der Waals surface area contributed by atoms with Gasteiger partial charge in [-0.3, -0.25) is 4.79 Å². The summed E-state index contributed by atoms with van der Waals surface area (Å²) in [5, 5.41) is 0. The molecule has 2 nitrogen and oxygen atoms in total. The van der Waals surface area contributed by atoms with Crippen molar-refractivity contribution in [1.82, 2.24) is 0 Å². The third kappa shape index (κ3) is 1.15. The lowest BCUT2D eigenvalue weighted by molar-refractivity contribution is -0.143. The summed E-state index contributed by atoms with van der Waals surface area (Å²) in [5.74, 6) is 1.17. The highest BCUT2D eigenvalue weighted by Gasteiger charge is 2.40. The molecular formula is C9H14O2. The standard InChI is InChI=1S/C9H14O2/c1-6-3-2-4-7-5-8(10)11-9(6)7/h6-7,9H,2-5H2,1H3/t6-,7-,9+/m0/s1. The Bertz CT molecular complexity index is 176. The Morgan fingerprint density at radius 3 is 3.00 bits per heavy atom. The van der Waals surface area contributed by atoms with Gasteiger partial charge in [0.2, 0.25) is 0 Å². The van der Waals surface area contributed by atoms with Gasteiger partial charge in [-0.1, -0.05) is 13.3 Å². The van der Waals surface area contributed by atoms with E-state index in [0.29, 0.717) is 18.3 Å². The maximum Gasteiger partial charge on any atom is 0.306 e. The highest BCUT2D eigenvalue weighted by atomic mass is 16.6. The zero-order valence-corrected chi connectivity index (χ0v) is 6.88. The SMILES string of the molecule is C[C@H]1CCC[C@H]2CC(=O)O[C@@H]21. The van der Waals surface area contributed by atoms with E-state index in [4.69, 9.17) is 4.74 Å². The van der Waals surface area contributed by atoms with Crippen molar-refractivity contribution in [2.24, 2.45) is 11.8 Å². The van der Waals surface area contributed by atoms with Gasteiger partial charge < -0.3 is 4.74 Å². The minimum Gasteiger partial charge on any atom is -0.462 e. The van der Waals surface area contributed by atoms with Crippen molar-refractivity contribution in [2.45, 2.75) is 38.7 Å². The summed E-state index contributed by atoms with van der Waals surface area (Å²) in [4.78, 5) is 10.9. The molecule has 1 saturated carbocycles. The molecule has 0 amide bonds. The van der Waals surface area contributed by atoms with Crippen LogP contribution in [0.1, 0.15) is 32.6 Å². The van der Waals surface area contributed by atoms with E-state index in [2.05, 4.69) is 6.92 Å². The van der Waals surface area contributed by atoms with Crippen molar-refractivity contribution in [3.05, 3.63) is 0 Å². The van der Waals surface area contributed by atoms with E-state index in [-0.39, 0.29) is 12.1 Å². The van der Waals surface area contributed by atoms with Gasteiger partial charge in [-0.25, -0.2) is 0 Å². The molecule has 2 fully saturated rings. The maximum absolute atomic E-state index is 10.9. The van der Waals surface area contributed by atoms with E-state index in [1.54, 1.807) is 0 Å². The van der Waals surface area contributed by atoms with Crippen LogP contribution < -0.4 is 0 Å². The van der Waals surface area contributed by atoms with Gasteiger partial charge in [-0.05, 0) is 18.8 Å². The molecule has 11 heavy (non-hydrogen) atoms. The summed E-state index contributed by atoms with van der Waals surface area (Å²) in [6, 6.07) is 0. The predicted molar refractivity (Wildman–Crippen MR) is 41.0 cm³/mol. The van der Waals surface area contributed by atoms with E-state index in [1.807, 2.05) is 0 Å². The molecular weight excluding hydrogens is 140 g/mol. The Labute approximate surface area is 66.9 Å². The second kappa shape index (κ2) is 2.50. The molecule has 0 radical (unpaired) electrons. The van der Waals surface area contributed by atoms with Crippen molar-refractivity contribution in [3.63, 3.8) is 0 Å². The maximum atomic E-state index is 10.9. The van der Waals surface area contributed by atoms with Gasteiger partial charge in [0, 0.05) is 5.92 Å². The molecule has 0 N–H and O–H groups in total. The van der Waals surface area contributed by atoms with Gasteiger partial charge in [0.25, 0.3) is 0 Å². The zero-order chi connectivity index (χ0) is 7.84. The van der Waals surface area contributed by atoms with Crippen LogP contribution in [-0.4, -0.2) is 12.1 Å². The number of hydrogen-bond donors (Lipinski definition) is 0. The molecule has 1 aliphatic carbocycles. The van der Waals surface area contributed by atoms with Crippen LogP contribution >= 0.6 is 0 Å². The first-order valence-electron chi connectivity index (χ1n) is 4.47. The van der Waals surface area contributed by atoms with Crippen molar-refractivity contribution in [1.29, 1.82) is 0 Å². The van der Waals surface area contributed by atoms with Gasteiger partial charge in [-0.15, -0.1) is 0 Å². The summed E-state index contributed by atoms with van der Waals surface area (Å²) >= 11 is 0. The number of carbonyl (C=O) groups is 1. The number of hydrogen-bond acceptors (Lipinski definition) is 2. The van der Waals surface area contributed by atoms with Gasteiger partial charge in [0.15, 0.2) is 0 Å². The average molecular weight is 154 g/mol. The molecule has 0 bridgehead atoms. The monoisotopic (exact) mass is 154 g/mol. The van der Waals surface area contributed by atoms with Crippen molar-refractivity contribution in [2.75, 3.05) is 0 Å². The summed E-state index contributed by atoms with van der Waals surface area (Å²) in [7, 11) is 0. The molecule has 2 heteroatoms. The lowest BCUT2D eigenvalue weighted by atomic mass is 9.80. The second-order valence-electron chi connectivity index (χ2n) is 3.83. The molecule has 0 spiro atoms.